The normalized spacial score (nSPS) is 15.9. The van der Waals surface area contributed by atoms with E-state index in [1.807, 2.05) is 41.0 Å². The molecule has 1 atom stereocenters. The van der Waals surface area contributed by atoms with Gasteiger partial charge in [-0.3, -0.25) is 9.36 Å². The van der Waals surface area contributed by atoms with Crippen LogP contribution in [0.3, 0.4) is 0 Å². The van der Waals surface area contributed by atoms with Crippen LogP contribution < -0.4 is 5.32 Å². The van der Waals surface area contributed by atoms with Crippen LogP contribution in [0.2, 0.25) is 0 Å². The van der Waals surface area contributed by atoms with Crippen LogP contribution in [0.4, 0.5) is 0 Å². The van der Waals surface area contributed by atoms with Gasteiger partial charge in [-0.25, -0.2) is 9.97 Å². The van der Waals surface area contributed by atoms with Crippen molar-refractivity contribution in [2.24, 2.45) is 0 Å². The van der Waals surface area contributed by atoms with Crippen LogP contribution in [-0.2, 0) is 12.8 Å². The first-order chi connectivity index (χ1) is 13.8. The van der Waals surface area contributed by atoms with Gasteiger partial charge in [-0.05, 0) is 60.7 Å². The fourth-order valence-electron chi connectivity index (χ4n) is 3.92. The number of carbonyl (C=O) groups excluding carboxylic acids is 1. The third-order valence-electron chi connectivity index (χ3n) is 5.39. The second kappa shape index (κ2) is 6.93. The van der Waals surface area contributed by atoms with Gasteiger partial charge in [0, 0.05) is 17.8 Å². The lowest BCUT2D eigenvalue weighted by atomic mass is 9.88. The Morgan fingerprint density at radius 3 is 2.71 bits per heavy atom. The minimum atomic E-state index is -0.0416. The average molecular weight is 368 g/mol. The van der Waals surface area contributed by atoms with E-state index in [4.69, 9.17) is 0 Å². The highest BCUT2D eigenvalue weighted by atomic mass is 16.1. The fourth-order valence-corrected chi connectivity index (χ4v) is 3.92. The summed E-state index contributed by atoms with van der Waals surface area (Å²) >= 11 is 0. The molecule has 0 saturated carbocycles. The molecule has 0 spiro atoms. The zero-order chi connectivity index (χ0) is 18.9. The van der Waals surface area contributed by atoms with E-state index in [0.717, 1.165) is 36.1 Å². The van der Waals surface area contributed by atoms with E-state index in [1.54, 1.807) is 12.5 Å². The lowest BCUT2D eigenvalue weighted by Crippen LogP contribution is -2.38. The molecule has 28 heavy (non-hydrogen) atoms. The number of hydrogen-bond acceptors (Lipinski definition) is 3. The number of amides is 1. The summed E-state index contributed by atoms with van der Waals surface area (Å²) < 4.78 is 1.91. The molecule has 1 aliphatic carbocycles. The van der Waals surface area contributed by atoms with Crippen molar-refractivity contribution in [1.82, 2.24) is 19.9 Å². The Morgan fingerprint density at radius 2 is 1.86 bits per heavy atom. The number of imidazole rings is 1. The highest BCUT2D eigenvalue weighted by Gasteiger charge is 2.21. The van der Waals surface area contributed by atoms with Crippen molar-refractivity contribution >= 4 is 16.9 Å². The molecule has 0 bridgehead atoms. The molecule has 5 rings (SSSR count). The van der Waals surface area contributed by atoms with Crippen LogP contribution in [-0.4, -0.2) is 26.5 Å². The number of rotatable bonds is 3. The first-order valence-electron chi connectivity index (χ1n) is 9.54. The Balaban J connectivity index is 1.40. The van der Waals surface area contributed by atoms with E-state index in [0.29, 0.717) is 5.56 Å². The van der Waals surface area contributed by atoms with Crippen molar-refractivity contribution in [2.75, 3.05) is 0 Å². The number of benzene rings is 2. The molecule has 1 amide bonds. The third kappa shape index (κ3) is 3.05. The number of nitrogens with one attached hydrogen (secondary N) is 1. The molecule has 138 valence electrons. The molecule has 1 aliphatic rings. The number of carbonyl (C=O) groups is 1. The van der Waals surface area contributed by atoms with Gasteiger partial charge in [0.2, 0.25) is 0 Å². The lowest BCUT2D eigenvalue weighted by molar-refractivity contribution is 0.0934. The number of nitrogens with zero attached hydrogens (tertiary/aromatic N) is 3. The quantitative estimate of drug-likeness (QED) is 0.600. The highest BCUT2D eigenvalue weighted by Crippen LogP contribution is 2.22. The fraction of sp³-hybridized carbons (Fsp3) is 0.174. The predicted octanol–water partition coefficient (Wildman–Crippen LogP) is 3.71. The molecule has 2 heterocycles. The molecule has 4 aromatic rings. The predicted molar refractivity (Wildman–Crippen MR) is 109 cm³/mol. The number of fused-ring (bicyclic) bond motifs is 2. The maximum absolute atomic E-state index is 12.9. The van der Waals surface area contributed by atoms with E-state index in [2.05, 4.69) is 39.6 Å². The van der Waals surface area contributed by atoms with E-state index in [9.17, 15) is 4.79 Å². The molecule has 1 unspecified atom stereocenters. The number of pyridine rings is 1. The molecule has 0 saturated heterocycles. The molecular formula is C23H20N4O. The molecule has 0 radical (unpaired) electrons. The van der Waals surface area contributed by atoms with Gasteiger partial charge in [0.25, 0.3) is 5.91 Å². The average Bonchev–Trinajstić information content (AvgIpc) is 3.17. The lowest BCUT2D eigenvalue weighted by Gasteiger charge is -2.25. The van der Waals surface area contributed by atoms with E-state index < -0.39 is 0 Å². The van der Waals surface area contributed by atoms with Crippen LogP contribution in [0.1, 0.15) is 27.9 Å². The first kappa shape index (κ1) is 16.7. The summed E-state index contributed by atoms with van der Waals surface area (Å²) in [6, 6.07) is 20.0. The first-order valence-corrected chi connectivity index (χ1v) is 9.54. The topological polar surface area (TPSA) is 59.8 Å². The Morgan fingerprint density at radius 1 is 1.00 bits per heavy atom. The summed E-state index contributed by atoms with van der Waals surface area (Å²) in [7, 11) is 0. The minimum Gasteiger partial charge on any atom is -0.349 e. The third-order valence-corrected chi connectivity index (χ3v) is 5.39. The molecular weight excluding hydrogens is 348 g/mol. The van der Waals surface area contributed by atoms with Crippen molar-refractivity contribution in [1.29, 1.82) is 0 Å². The van der Waals surface area contributed by atoms with Crippen LogP contribution in [0.25, 0.3) is 16.9 Å². The van der Waals surface area contributed by atoms with Gasteiger partial charge in [0.15, 0.2) is 0 Å². The molecule has 0 fully saturated rings. The van der Waals surface area contributed by atoms with Crippen LogP contribution in [0, 0.1) is 0 Å². The maximum atomic E-state index is 12.9. The molecule has 5 nitrogen and oxygen atoms in total. The van der Waals surface area contributed by atoms with Crippen molar-refractivity contribution in [2.45, 2.75) is 25.3 Å². The zero-order valence-corrected chi connectivity index (χ0v) is 15.4. The molecule has 0 aliphatic heterocycles. The number of aryl methyl sites for hydroxylation is 1. The summed E-state index contributed by atoms with van der Waals surface area (Å²) in [5.41, 5.74) is 5.09. The highest BCUT2D eigenvalue weighted by molar-refractivity contribution is 5.97. The summed E-state index contributed by atoms with van der Waals surface area (Å²) in [6.45, 7) is 0. The second-order valence-electron chi connectivity index (χ2n) is 7.19. The van der Waals surface area contributed by atoms with Crippen molar-refractivity contribution in [3.05, 3.63) is 89.9 Å². The minimum absolute atomic E-state index is 0.0416. The summed E-state index contributed by atoms with van der Waals surface area (Å²) in [5.74, 6) is 0.742. The van der Waals surface area contributed by atoms with Crippen molar-refractivity contribution in [3.63, 3.8) is 0 Å². The smallest absolute Gasteiger partial charge is 0.251 e. The van der Waals surface area contributed by atoms with Crippen LogP contribution in [0.15, 0.2) is 73.2 Å². The number of hydrogen-bond donors (Lipinski definition) is 1. The largest absolute Gasteiger partial charge is 0.349 e. The molecule has 1 N–H and O–H groups in total. The summed E-state index contributed by atoms with van der Waals surface area (Å²) in [6.07, 6.45) is 6.35. The van der Waals surface area contributed by atoms with Crippen molar-refractivity contribution in [3.8, 4) is 5.82 Å². The Bertz CT molecular complexity index is 1150. The standard InChI is InChI=1S/C23H20N4O/c28-23(26-19-10-8-16-5-1-2-6-17(16)13-19)18-9-11-20-21(14-18)27(15-25-20)22-7-3-4-12-24-22/h1-7,9,11-12,14-15,19H,8,10,13H2,(H,26,28). The van der Waals surface area contributed by atoms with E-state index in [-0.39, 0.29) is 11.9 Å². The van der Waals surface area contributed by atoms with Gasteiger partial charge >= 0.3 is 0 Å². The Labute approximate surface area is 163 Å². The van der Waals surface area contributed by atoms with Gasteiger partial charge in [0.1, 0.15) is 12.1 Å². The van der Waals surface area contributed by atoms with E-state index >= 15 is 0 Å². The Hall–Kier alpha value is -3.47. The van der Waals surface area contributed by atoms with Crippen LogP contribution in [0.5, 0.6) is 0 Å². The molecule has 2 aromatic heterocycles. The monoisotopic (exact) mass is 368 g/mol. The Kier molecular flexibility index (Phi) is 4.13. The summed E-state index contributed by atoms with van der Waals surface area (Å²) in [5, 5.41) is 3.21. The maximum Gasteiger partial charge on any atom is 0.251 e. The van der Waals surface area contributed by atoms with E-state index in [1.165, 1.54) is 11.1 Å². The van der Waals surface area contributed by atoms with Gasteiger partial charge in [0.05, 0.1) is 11.0 Å². The van der Waals surface area contributed by atoms with Gasteiger partial charge in [-0.15, -0.1) is 0 Å². The zero-order valence-electron chi connectivity index (χ0n) is 15.4. The van der Waals surface area contributed by atoms with Crippen molar-refractivity contribution < 1.29 is 4.79 Å². The molecule has 5 heteroatoms. The van der Waals surface area contributed by atoms with Gasteiger partial charge in [-0.2, -0.15) is 0 Å². The molecule has 2 aromatic carbocycles. The second-order valence-corrected chi connectivity index (χ2v) is 7.19. The SMILES string of the molecule is O=C(NC1CCc2ccccc2C1)c1ccc2ncn(-c3ccccn3)c2c1. The summed E-state index contributed by atoms with van der Waals surface area (Å²) in [4.78, 5) is 21.7. The van der Waals surface area contributed by atoms with Gasteiger partial charge < -0.3 is 5.32 Å². The van der Waals surface area contributed by atoms with Gasteiger partial charge in [-0.1, -0.05) is 30.3 Å². The number of aromatic nitrogens is 3. The van der Waals surface area contributed by atoms with Crippen LogP contribution >= 0.6 is 0 Å².